The van der Waals surface area contributed by atoms with Gasteiger partial charge in [0.25, 0.3) is 5.91 Å². The Balaban J connectivity index is 2.22. The summed E-state index contributed by atoms with van der Waals surface area (Å²) in [6.07, 6.45) is 0. The Labute approximate surface area is 117 Å². The van der Waals surface area contributed by atoms with Gasteiger partial charge in [0.1, 0.15) is 5.70 Å². The average Bonchev–Trinajstić information content (AvgIpc) is 2.74. The molecule has 2 aromatic rings. The van der Waals surface area contributed by atoms with E-state index in [0.717, 1.165) is 5.06 Å². The summed E-state index contributed by atoms with van der Waals surface area (Å²) in [4.78, 5) is 15.9. The number of fused-ring (bicyclic) bond motifs is 1. The van der Waals surface area contributed by atoms with Gasteiger partial charge < -0.3 is 0 Å². The van der Waals surface area contributed by atoms with Crippen LogP contribution in [0.1, 0.15) is 0 Å². The zero-order valence-electron chi connectivity index (χ0n) is 9.75. The molecule has 0 saturated heterocycles. The number of carbonyl (C=O) groups is 1. The van der Waals surface area contributed by atoms with Crippen molar-refractivity contribution < 1.29 is 10.0 Å². The second-order valence-electron chi connectivity index (χ2n) is 4.05. The second-order valence-corrected chi connectivity index (χ2v) is 4.90. The third-order valence-electron chi connectivity index (χ3n) is 2.88. The lowest BCUT2D eigenvalue weighted by molar-refractivity contribution is -0.113. The molecule has 0 aromatic heterocycles. The van der Waals surface area contributed by atoms with Crippen LogP contribution in [0.3, 0.4) is 0 Å². The first-order chi connectivity index (χ1) is 9.18. The van der Waals surface area contributed by atoms with E-state index in [4.69, 9.17) is 0 Å². The van der Waals surface area contributed by atoms with Gasteiger partial charge in [0.15, 0.2) is 0 Å². The van der Waals surface area contributed by atoms with E-state index in [1.807, 2.05) is 6.07 Å². The number of hydroxylamine groups is 1. The fraction of sp³-hybridized carbons (Fsp3) is 0. The van der Waals surface area contributed by atoms with Gasteiger partial charge in [-0.05, 0) is 34.1 Å². The lowest BCUT2D eigenvalue weighted by atomic mass is 10.2. The summed E-state index contributed by atoms with van der Waals surface area (Å²) in [6, 6.07) is 14.2. The Morgan fingerprint density at radius 3 is 2.53 bits per heavy atom. The van der Waals surface area contributed by atoms with Gasteiger partial charge in [0.05, 0.1) is 11.0 Å². The molecular formula is C14H9BrN2O2. The van der Waals surface area contributed by atoms with E-state index >= 15 is 0 Å². The van der Waals surface area contributed by atoms with Crippen molar-refractivity contribution in [1.82, 2.24) is 0 Å². The number of carbonyl (C=O) groups excluding carboxylic acids is 1. The molecule has 0 radical (unpaired) electrons. The maximum absolute atomic E-state index is 11.9. The van der Waals surface area contributed by atoms with Gasteiger partial charge in [0, 0.05) is 9.69 Å². The lowest BCUT2D eigenvalue weighted by Gasteiger charge is -2.17. The van der Waals surface area contributed by atoms with Crippen LogP contribution >= 0.6 is 15.9 Å². The standard InChI is InChI=1S/C14H9BrN2O2/c15-10-6-2-4-8-12(10)17(19)13-9-5-1-3-7-11(9)16-14(13)18/h1-8,19H. The third-order valence-corrected chi connectivity index (χ3v) is 3.55. The minimum atomic E-state index is -0.445. The van der Waals surface area contributed by atoms with E-state index in [0.29, 0.717) is 20.7 Å². The van der Waals surface area contributed by atoms with Crippen LogP contribution in [0.2, 0.25) is 0 Å². The average molecular weight is 317 g/mol. The van der Waals surface area contributed by atoms with Crippen molar-refractivity contribution in [2.24, 2.45) is 4.99 Å². The number of rotatable bonds is 2. The zero-order valence-corrected chi connectivity index (χ0v) is 11.3. The van der Waals surface area contributed by atoms with E-state index in [2.05, 4.69) is 20.9 Å². The number of benzene rings is 2. The van der Waals surface area contributed by atoms with Crippen molar-refractivity contribution in [2.75, 3.05) is 5.06 Å². The summed E-state index contributed by atoms with van der Waals surface area (Å²) >= 11 is 3.35. The van der Waals surface area contributed by atoms with E-state index in [-0.39, 0.29) is 5.70 Å². The quantitative estimate of drug-likeness (QED) is 0.856. The highest BCUT2D eigenvalue weighted by molar-refractivity contribution is 9.10. The molecule has 94 valence electrons. The predicted octanol–water partition coefficient (Wildman–Crippen LogP) is 1.61. The maximum atomic E-state index is 11.9. The number of amides is 1. The van der Waals surface area contributed by atoms with Crippen LogP contribution in [0.4, 0.5) is 5.69 Å². The molecule has 0 unspecified atom stereocenters. The Kier molecular flexibility index (Phi) is 2.93. The Hall–Kier alpha value is -1.98. The van der Waals surface area contributed by atoms with Gasteiger partial charge >= 0.3 is 0 Å². The fourth-order valence-corrected chi connectivity index (χ4v) is 2.45. The summed E-state index contributed by atoms with van der Waals surface area (Å²) in [7, 11) is 0. The SMILES string of the molecule is O=C1N=c2ccccc2=C1N(O)c1ccccc1Br. The van der Waals surface area contributed by atoms with Gasteiger partial charge in [0.2, 0.25) is 0 Å². The Bertz CT molecular complexity index is 786. The van der Waals surface area contributed by atoms with Gasteiger partial charge in [-0.3, -0.25) is 10.0 Å². The van der Waals surface area contributed by atoms with Crippen molar-refractivity contribution in [3.8, 4) is 0 Å². The number of para-hydroxylation sites is 2. The second kappa shape index (κ2) is 4.60. The number of hydrogen-bond acceptors (Lipinski definition) is 3. The first kappa shape index (κ1) is 12.1. The molecule has 0 aliphatic carbocycles. The van der Waals surface area contributed by atoms with Crippen molar-refractivity contribution in [1.29, 1.82) is 0 Å². The third kappa shape index (κ3) is 1.97. The molecule has 1 amide bonds. The summed E-state index contributed by atoms with van der Waals surface area (Å²) in [6.45, 7) is 0. The lowest BCUT2D eigenvalue weighted by Crippen LogP contribution is -2.30. The molecule has 5 heteroatoms. The van der Waals surface area contributed by atoms with Crippen molar-refractivity contribution in [3.63, 3.8) is 0 Å². The molecule has 1 heterocycles. The highest BCUT2D eigenvalue weighted by Crippen LogP contribution is 2.27. The van der Waals surface area contributed by atoms with Crippen LogP contribution in [0.15, 0.2) is 58.0 Å². The number of hydrogen-bond donors (Lipinski definition) is 1. The molecule has 1 aliphatic rings. The Morgan fingerprint density at radius 1 is 1.05 bits per heavy atom. The first-order valence-corrected chi connectivity index (χ1v) is 6.44. The molecule has 0 atom stereocenters. The molecular weight excluding hydrogens is 308 g/mol. The fourth-order valence-electron chi connectivity index (χ4n) is 2.00. The molecule has 3 rings (SSSR count). The molecule has 0 fully saturated rings. The monoisotopic (exact) mass is 316 g/mol. The zero-order chi connectivity index (χ0) is 13.4. The van der Waals surface area contributed by atoms with Gasteiger partial charge in [-0.2, -0.15) is 0 Å². The maximum Gasteiger partial charge on any atom is 0.297 e. The molecule has 0 spiro atoms. The molecule has 19 heavy (non-hydrogen) atoms. The van der Waals surface area contributed by atoms with Crippen molar-refractivity contribution in [3.05, 3.63) is 63.6 Å². The van der Waals surface area contributed by atoms with E-state index in [9.17, 15) is 10.0 Å². The highest BCUT2D eigenvalue weighted by Gasteiger charge is 2.23. The smallest absolute Gasteiger partial charge is 0.283 e. The summed E-state index contributed by atoms with van der Waals surface area (Å²) in [5, 5.41) is 12.4. The molecule has 4 nitrogen and oxygen atoms in total. The van der Waals surface area contributed by atoms with Crippen LogP contribution in [0.5, 0.6) is 0 Å². The number of anilines is 1. The molecule has 1 N–H and O–H groups in total. The molecule has 0 bridgehead atoms. The van der Waals surface area contributed by atoms with Gasteiger partial charge in [-0.15, -0.1) is 0 Å². The van der Waals surface area contributed by atoms with E-state index in [1.165, 1.54) is 0 Å². The van der Waals surface area contributed by atoms with Gasteiger partial charge in [-0.25, -0.2) is 10.1 Å². The minimum Gasteiger partial charge on any atom is -0.283 e. The summed E-state index contributed by atoms with van der Waals surface area (Å²) in [5.74, 6) is -0.445. The normalized spacial score (nSPS) is 13.2. The molecule has 2 aromatic carbocycles. The van der Waals surface area contributed by atoms with Crippen molar-refractivity contribution in [2.45, 2.75) is 0 Å². The number of nitrogens with zero attached hydrogens (tertiary/aromatic N) is 2. The largest absolute Gasteiger partial charge is 0.297 e. The topological polar surface area (TPSA) is 52.9 Å². The van der Waals surface area contributed by atoms with Crippen LogP contribution in [0, 0.1) is 0 Å². The van der Waals surface area contributed by atoms with Crippen LogP contribution in [0.25, 0.3) is 5.70 Å². The predicted molar refractivity (Wildman–Crippen MR) is 74.0 cm³/mol. The Morgan fingerprint density at radius 2 is 1.74 bits per heavy atom. The summed E-state index contributed by atoms with van der Waals surface area (Å²) in [5.41, 5.74) is 0.667. The van der Waals surface area contributed by atoms with E-state index in [1.54, 1.807) is 42.5 Å². The van der Waals surface area contributed by atoms with Crippen LogP contribution in [-0.2, 0) is 4.79 Å². The van der Waals surface area contributed by atoms with Crippen molar-refractivity contribution >= 4 is 33.2 Å². The van der Waals surface area contributed by atoms with E-state index < -0.39 is 5.91 Å². The van der Waals surface area contributed by atoms with Gasteiger partial charge in [-0.1, -0.05) is 30.3 Å². The number of halogens is 1. The first-order valence-electron chi connectivity index (χ1n) is 5.64. The van der Waals surface area contributed by atoms with Crippen LogP contribution < -0.4 is 15.6 Å². The molecule has 0 saturated carbocycles. The van der Waals surface area contributed by atoms with Crippen LogP contribution in [-0.4, -0.2) is 11.1 Å². The highest BCUT2D eigenvalue weighted by atomic mass is 79.9. The minimum absolute atomic E-state index is 0.169. The molecule has 1 aliphatic heterocycles. The summed E-state index contributed by atoms with van der Waals surface area (Å²) < 4.78 is 0.696.